The van der Waals surface area contributed by atoms with Gasteiger partial charge >= 0.3 is 0 Å². The van der Waals surface area contributed by atoms with Crippen LogP contribution < -0.4 is 10.6 Å². The number of carbonyl (C=O) groups is 1. The van der Waals surface area contributed by atoms with E-state index in [1.54, 1.807) is 0 Å². The van der Waals surface area contributed by atoms with Crippen molar-refractivity contribution in [2.24, 2.45) is 5.41 Å². The van der Waals surface area contributed by atoms with Crippen LogP contribution in [0.25, 0.3) is 0 Å². The molecule has 3 rings (SSSR count). The van der Waals surface area contributed by atoms with Gasteiger partial charge in [-0.1, -0.05) is 67.6 Å². The van der Waals surface area contributed by atoms with Gasteiger partial charge in [0.2, 0.25) is 5.91 Å². The van der Waals surface area contributed by atoms with Crippen LogP contribution in [0.2, 0.25) is 0 Å². The van der Waals surface area contributed by atoms with E-state index in [4.69, 9.17) is 0 Å². The summed E-state index contributed by atoms with van der Waals surface area (Å²) in [7, 11) is 0. The maximum Gasteiger partial charge on any atom is 0.227 e. The van der Waals surface area contributed by atoms with Crippen LogP contribution in [0.5, 0.6) is 0 Å². The van der Waals surface area contributed by atoms with Gasteiger partial charge in [-0.2, -0.15) is 0 Å². The van der Waals surface area contributed by atoms with E-state index in [0.717, 1.165) is 38.8 Å². The molecule has 0 radical (unpaired) electrons. The largest absolute Gasteiger partial charge is 0.349 e. The summed E-state index contributed by atoms with van der Waals surface area (Å²) < 4.78 is 0. The predicted octanol–water partition coefficient (Wildman–Crippen LogP) is 3.87. The Bertz CT molecular complexity index is 663. The van der Waals surface area contributed by atoms with E-state index in [0.29, 0.717) is 0 Å². The van der Waals surface area contributed by atoms with Gasteiger partial charge in [-0.15, -0.1) is 0 Å². The van der Waals surface area contributed by atoms with Crippen molar-refractivity contribution in [2.45, 2.75) is 38.6 Å². The van der Waals surface area contributed by atoms with Gasteiger partial charge in [-0.3, -0.25) is 4.79 Å². The fourth-order valence-electron chi connectivity index (χ4n) is 3.79. The Morgan fingerprint density at radius 1 is 1.04 bits per heavy atom. The van der Waals surface area contributed by atoms with Crippen LogP contribution in [0.3, 0.4) is 0 Å². The third-order valence-electron chi connectivity index (χ3n) is 5.34. The molecule has 2 aromatic carbocycles. The molecular formula is C22H28N2O. The molecule has 1 amide bonds. The van der Waals surface area contributed by atoms with Crippen molar-refractivity contribution < 1.29 is 4.79 Å². The van der Waals surface area contributed by atoms with Crippen LogP contribution in [0, 0.1) is 5.41 Å². The van der Waals surface area contributed by atoms with Crippen LogP contribution in [-0.4, -0.2) is 19.0 Å². The Labute approximate surface area is 150 Å². The molecule has 0 saturated carbocycles. The highest BCUT2D eigenvalue weighted by Crippen LogP contribution is 2.34. The lowest BCUT2D eigenvalue weighted by Crippen LogP contribution is -2.49. The van der Waals surface area contributed by atoms with Crippen LogP contribution in [-0.2, 0) is 11.2 Å². The second-order valence-corrected chi connectivity index (χ2v) is 7.04. The van der Waals surface area contributed by atoms with Gasteiger partial charge < -0.3 is 10.6 Å². The second kappa shape index (κ2) is 8.30. The van der Waals surface area contributed by atoms with Gasteiger partial charge in [0.1, 0.15) is 0 Å². The summed E-state index contributed by atoms with van der Waals surface area (Å²) in [5.74, 6) is 0.202. The summed E-state index contributed by atoms with van der Waals surface area (Å²) in [6, 6.07) is 20.8. The molecule has 0 aromatic heterocycles. The third-order valence-corrected chi connectivity index (χ3v) is 5.34. The zero-order chi connectivity index (χ0) is 17.5. The average molecular weight is 336 g/mol. The van der Waals surface area contributed by atoms with Crippen LogP contribution >= 0.6 is 0 Å². The second-order valence-electron chi connectivity index (χ2n) is 7.04. The highest BCUT2D eigenvalue weighted by atomic mass is 16.2. The smallest absolute Gasteiger partial charge is 0.227 e. The lowest BCUT2D eigenvalue weighted by atomic mass is 9.73. The standard InChI is InChI=1S/C22H28N2O/c1-2-20(19-11-7-4-8-12-19)24-21(25)22(13-15-23-16-14-22)17-18-9-5-3-6-10-18/h3-12,20,23H,2,13-17H2,1H3,(H,24,25)/t20-/m0/s1. The molecule has 25 heavy (non-hydrogen) atoms. The highest BCUT2D eigenvalue weighted by molar-refractivity contribution is 5.83. The molecule has 1 fully saturated rings. The molecule has 0 unspecified atom stereocenters. The average Bonchev–Trinajstić information content (AvgIpc) is 2.68. The Morgan fingerprint density at radius 3 is 2.24 bits per heavy atom. The molecule has 0 aliphatic carbocycles. The van der Waals surface area contributed by atoms with Gasteiger partial charge in [-0.25, -0.2) is 0 Å². The van der Waals surface area contributed by atoms with E-state index < -0.39 is 0 Å². The minimum Gasteiger partial charge on any atom is -0.349 e. The minimum absolute atomic E-state index is 0.0798. The normalized spacial score (nSPS) is 17.6. The van der Waals surface area contributed by atoms with Gasteiger partial charge in [-0.05, 0) is 49.9 Å². The van der Waals surface area contributed by atoms with Gasteiger partial charge in [0, 0.05) is 0 Å². The van der Waals surface area contributed by atoms with Gasteiger partial charge in [0.25, 0.3) is 0 Å². The molecule has 2 aromatic rings. The maximum atomic E-state index is 13.3. The minimum atomic E-state index is -0.311. The quantitative estimate of drug-likeness (QED) is 0.841. The predicted molar refractivity (Wildman–Crippen MR) is 102 cm³/mol. The van der Waals surface area contributed by atoms with E-state index >= 15 is 0 Å². The zero-order valence-corrected chi connectivity index (χ0v) is 15.0. The summed E-state index contributed by atoms with van der Waals surface area (Å²) in [6.45, 7) is 3.94. The first-order chi connectivity index (χ1) is 12.2. The number of carbonyl (C=O) groups excluding carboxylic acids is 1. The fourth-order valence-corrected chi connectivity index (χ4v) is 3.79. The van der Waals surface area contributed by atoms with E-state index in [2.05, 4.69) is 54.0 Å². The zero-order valence-electron chi connectivity index (χ0n) is 15.0. The Hall–Kier alpha value is -2.13. The molecule has 2 N–H and O–H groups in total. The first-order valence-corrected chi connectivity index (χ1v) is 9.34. The maximum absolute atomic E-state index is 13.3. The number of hydrogen-bond acceptors (Lipinski definition) is 2. The van der Waals surface area contributed by atoms with Crippen molar-refractivity contribution in [3.8, 4) is 0 Å². The van der Waals surface area contributed by atoms with Crippen molar-refractivity contribution >= 4 is 5.91 Å². The molecule has 3 heteroatoms. The van der Waals surface area contributed by atoms with Crippen LogP contribution in [0.4, 0.5) is 0 Å². The number of hydrogen-bond donors (Lipinski definition) is 2. The van der Waals surface area contributed by atoms with Gasteiger partial charge in [0.05, 0.1) is 11.5 Å². The monoisotopic (exact) mass is 336 g/mol. The number of benzene rings is 2. The van der Waals surface area contributed by atoms with Crippen LogP contribution in [0.15, 0.2) is 60.7 Å². The van der Waals surface area contributed by atoms with E-state index in [9.17, 15) is 4.79 Å². The first kappa shape index (κ1) is 17.7. The summed E-state index contributed by atoms with van der Waals surface area (Å²) in [5.41, 5.74) is 2.11. The number of rotatable bonds is 6. The molecule has 1 aliphatic rings. The van der Waals surface area contributed by atoms with E-state index in [1.807, 2.05) is 24.3 Å². The van der Waals surface area contributed by atoms with Crippen molar-refractivity contribution in [1.82, 2.24) is 10.6 Å². The molecule has 0 spiro atoms. The molecule has 0 bridgehead atoms. The Kier molecular flexibility index (Phi) is 5.87. The van der Waals surface area contributed by atoms with Crippen molar-refractivity contribution in [3.05, 3.63) is 71.8 Å². The van der Waals surface area contributed by atoms with E-state index in [1.165, 1.54) is 11.1 Å². The molecule has 3 nitrogen and oxygen atoms in total. The third kappa shape index (κ3) is 4.29. The topological polar surface area (TPSA) is 41.1 Å². The summed E-state index contributed by atoms with van der Waals surface area (Å²) in [5, 5.41) is 6.75. The molecule has 132 valence electrons. The molecule has 1 atom stereocenters. The molecule has 1 heterocycles. The van der Waals surface area contributed by atoms with Crippen molar-refractivity contribution in [1.29, 1.82) is 0 Å². The summed E-state index contributed by atoms with van der Waals surface area (Å²) in [6.07, 6.45) is 3.49. The Balaban J connectivity index is 1.79. The molecule has 1 aliphatic heterocycles. The number of nitrogens with one attached hydrogen (secondary N) is 2. The van der Waals surface area contributed by atoms with E-state index in [-0.39, 0.29) is 17.4 Å². The lowest BCUT2D eigenvalue weighted by molar-refractivity contribution is -0.133. The van der Waals surface area contributed by atoms with Crippen LogP contribution in [0.1, 0.15) is 43.4 Å². The first-order valence-electron chi connectivity index (χ1n) is 9.34. The highest BCUT2D eigenvalue weighted by Gasteiger charge is 2.40. The SMILES string of the molecule is CC[C@H](NC(=O)C1(Cc2ccccc2)CCNCC1)c1ccccc1. The molecular weight excluding hydrogens is 308 g/mol. The summed E-state index contributed by atoms with van der Waals surface area (Å²) >= 11 is 0. The summed E-state index contributed by atoms with van der Waals surface area (Å²) in [4.78, 5) is 13.3. The number of piperidine rings is 1. The fraction of sp³-hybridized carbons (Fsp3) is 0.409. The van der Waals surface area contributed by atoms with Crippen molar-refractivity contribution in [3.63, 3.8) is 0 Å². The molecule has 1 saturated heterocycles. The lowest BCUT2D eigenvalue weighted by Gasteiger charge is -2.37. The van der Waals surface area contributed by atoms with Crippen molar-refractivity contribution in [2.75, 3.05) is 13.1 Å². The number of amides is 1. The van der Waals surface area contributed by atoms with Gasteiger partial charge in [0.15, 0.2) is 0 Å². The Morgan fingerprint density at radius 2 is 1.64 bits per heavy atom.